The smallest absolute Gasteiger partial charge is 0.349 e. The number of fused-ring (bicyclic) bond motifs is 1. The maximum Gasteiger partial charge on any atom is 0.349 e. The molecule has 2 unspecified atom stereocenters. The zero-order chi connectivity index (χ0) is 10.1. The van der Waals surface area contributed by atoms with Gasteiger partial charge in [0.05, 0.1) is 7.11 Å². The number of hydrogen-bond acceptors (Lipinski definition) is 6. The number of esters is 1. The van der Waals surface area contributed by atoms with Crippen molar-refractivity contribution in [2.24, 2.45) is 5.73 Å². The van der Waals surface area contributed by atoms with Gasteiger partial charge in [-0.05, 0) is 0 Å². The van der Waals surface area contributed by atoms with Crippen molar-refractivity contribution in [1.82, 2.24) is 9.97 Å². The molecule has 0 aliphatic carbocycles. The Morgan fingerprint density at radius 2 is 2.29 bits per heavy atom. The van der Waals surface area contributed by atoms with E-state index in [2.05, 4.69) is 14.7 Å². The lowest BCUT2D eigenvalue weighted by Gasteiger charge is -2.10. The van der Waals surface area contributed by atoms with E-state index in [-0.39, 0.29) is 0 Å². The first-order valence-electron chi connectivity index (χ1n) is 4.05. The highest BCUT2D eigenvalue weighted by molar-refractivity contribution is 5.77. The van der Waals surface area contributed by atoms with Crippen LogP contribution in [-0.2, 0) is 9.53 Å². The minimum Gasteiger partial charge on any atom is -0.466 e. The molecule has 0 bridgehead atoms. The minimum absolute atomic E-state index is 0.301. The second-order valence-corrected chi connectivity index (χ2v) is 2.83. The molecule has 2 atom stereocenters. The Labute approximate surface area is 80.1 Å². The van der Waals surface area contributed by atoms with E-state index < -0.39 is 18.1 Å². The summed E-state index contributed by atoms with van der Waals surface area (Å²) >= 11 is 0. The van der Waals surface area contributed by atoms with Gasteiger partial charge in [-0.15, -0.1) is 0 Å². The van der Waals surface area contributed by atoms with Crippen molar-refractivity contribution in [3.63, 3.8) is 0 Å². The number of rotatable bonds is 1. The molecular formula is C8H9N3O3. The molecule has 2 heterocycles. The minimum atomic E-state index is -0.836. The van der Waals surface area contributed by atoms with E-state index in [9.17, 15) is 4.79 Å². The number of ether oxygens (including phenoxy) is 2. The van der Waals surface area contributed by atoms with Gasteiger partial charge in [0.1, 0.15) is 11.7 Å². The van der Waals surface area contributed by atoms with E-state index in [0.29, 0.717) is 11.6 Å². The lowest BCUT2D eigenvalue weighted by Crippen LogP contribution is -2.34. The number of carbonyl (C=O) groups excluding carboxylic acids is 1. The van der Waals surface area contributed by atoms with Crippen LogP contribution in [0.5, 0.6) is 5.88 Å². The van der Waals surface area contributed by atoms with E-state index in [1.807, 2.05) is 0 Å². The SMILES string of the molecule is COC(=O)C1Oc2nccnc2C1N. The molecule has 2 N–H and O–H groups in total. The lowest BCUT2D eigenvalue weighted by atomic mass is 10.1. The van der Waals surface area contributed by atoms with Crippen LogP contribution in [0.2, 0.25) is 0 Å². The number of hydrogen-bond donors (Lipinski definition) is 1. The van der Waals surface area contributed by atoms with Crippen LogP contribution in [0, 0.1) is 0 Å². The summed E-state index contributed by atoms with van der Waals surface area (Å²) in [7, 11) is 1.28. The highest BCUT2D eigenvalue weighted by Crippen LogP contribution is 2.31. The molecule has 0 amide bonds. The van der Waals surface area contributed by atoms with Gasteiger partial charge >= 0.3 is 5.97 Å². The standard InChI is InChI=1S/C8H9N3O3/c1-13-8(12)6-4(9)5-7(14-6)11-3-2-10-5/h2-4,6H,9H2,1H3. The van der Waals surface area contributed by atoms with Crippen molar-refractivity contribution in [2.75, 3.05) is 7.11 Å². The zero-order valence-corrected chi connectivity index (χ0v) is 7.51. The summed E-state index contributed by atoms with van der Waals surface area (Å²) in [5, 5.41) is 0. The monoisotopic (exact) mass is 195 g/mol. The first-order chi connectivity index (χ1) is 6.74. The third-order valence-electron chi connectivity index (χ3n) is 2.01. The average molecular weight is 195 g/mol. The molecule has 1 aliphatic rings. The molecule has 1 aromatic heterocycles. The van der Waals surface area contributed by atoms with E-state index in [4.69, 9.17) is 10.5 Å². The van der Waals surface area contributed by atoms with Crippen LogP contribution in [0.25, 0.3) is 0 Å². The van der Waals surface area contributed by atoms with Crippen LogP contribution in [0.3, 0.4) is 0 Å². The summed E-state index contributed by atoms with van der Waals surface area (Å²) < 4.78 is 9.73. The summed E-state index contributed by atoms with van der Waals surface area (Å²) in [5.41, 5.74) is 6.23. The van der Waals surface area contributed by atoms with Crippen molar-refractivity contribution in [3.8, 4) is 5.88 Å². The molecule has 6 heteroatoms. The summed E-state index contributed by atoms with van der Waals surface area (Å²) in [4.78, 5) is 19.1. The highest BCUT2D eigenvalue weighted by Gasteiger charge is 2.39. The van der Waals surface area contributed by atoms with Gasteiger partial charge in [0.2, 0.25) is 12.0 Å². The lowest BCUT2D eigenvalue weighted by molar-refractivity contribution is -0.148. The molecule has 0 radical (unpaired) electrons. The molecule has 0 fully saturated rings. The Kier molecular flexibility index (Phi) is 2.05. The summed E-state index contributed by atoms with van der Waals surface area (Å²) in [5.74, 6) is -0.215. The third kappa shape index (κ3) is 1.20. The first-order valence-corrected chi connectivity index (χ1v) is 4.05. The van der Waals surface area contributed by atoms with Crippen molar-refractivity contribution >= 4 is 5.97 Å². The van der Waals surface area contributed by atoms with E-state index >= 15 is 0 Å². The van der Waals surface area contributed by atoms with Crippen molar-refractivity contribution in [3.05, 3.63) is 18.1 Å². The highest BCUT2D eigenvalue weighted by atomic mass is 16.6. The number of nitrogens with zero attached hydrogens (tertiary/aromatic N) is 2. The van der Waals surface area contributed by atoms with Gasteiger partial charge in [-0.25, -0.2) is 9.78 Å². The van der Waals surface area contributed by atoms with Crippen LogP contribution in [0.4, 0.5) is 0 Å². The van der Waals surface area contributed by atoms with Crippen molar-refractivity contribution in [2.45, 2.75) is 12.1 Å². The summed E-state index contributed by atoms with van der Waals surface area (Å²) in [6.45, 7) is 0. The predicted octanol–water partition coefficient (Wildman–Crippen LogP) is -0.590. The molecule has 0 spiro atoms. The second-order valence-electron chi connectivity index (χ2n) is 2.83. The van der Waals surface area contributed by atoms with Gasteiger partial charge in [-0.3, -0.25) is 4.98 Å². The fourth-order valence-corrected chi connectivity index (χ4v) is 1.30. The quantitative estimate of drug-likeness (QED) is 0.602. The topological polar surface area (TPSA) is 87.3 Å². The molecule has 0 aromatic carbocycles. The second kappa shape index (κ2) is 3.22. The van der Waals surface area contributed by atoms with Gasteiger partial charge in [-0.1, -0.05) is 0 Å². The van der Waals surface area contributed by atoms with Gasteiger partial charge in [0.25, 0.3) is 0 Å². The van der Waals surface area contributed by atoms with Crippen LogP contribution >= 0.6 is 0 Å². The average Bonchev–Trinajstić information content (AvgIpc) is 2.56. The van der Waals surface area contributed by atoms with Gasteiger partial charge in [-0.2, -0.15) is 0 Å². The molecule has 0 saturated carbocycles. The fourth-order valence-electron chi connectivity index (χ4n) is 1.30. The largest absolute Gasteiger partial charge is 0.466 e. The first kappa shape index (κ1) is 8.89. The van der Waals surface area contributed by atoms with E-state index in [1.165, 1.54) is 19.5 Å². The van der Waals surface area contributed by atoms with Crippen LogP contribution in [-0.4, -0.2) is 29.2 Å². The normalized spacial score (nSPS) is 23.9. The van der Waals surface area contributed by atoms with E-state index in [1.54, 1.807) is 0 Å². The fraction of sp³-hybridized carbons (Fsp3) is 0.375. The molecule has 1 aliphatic heterocycles. The van der Waals surface area contributed by atoms with Crippen LogP contribution < -0.4 is 10.5 Å². The van der Waals surface area contributed by atoms with Crippen molar-refractivity contribution in [1.29, 1.82) is 0 Å². The number of carbonyl (C=O) groups is 1. The summed E-state index contributed by atoms with van der Waals surface area (Å²) in [6.07, 6.45) is 2.14. The molecule has 2 rings (SSSR count). The molecular weight excluding hydrogens is 186 g/mol. The predicted molar refractivity (Wildman–Crippen MR) is 45.4 cm³/mol. The number of aromatic nitrogens is 2. The van der Waals surface area contributed by atoms with Crippen LogP contribution in [0.1, 0.15) is 11.7 Å². The van der Waals surface area contributed by atoms with Crippen molar-refractivity contribution < 1.29 is 14.3 Å². The Morgan fingerprint density at radius 1 is 1.57 bits per heavy atom. The number of methoxy groups -OCH3 is 1. The van der Waals surface area contributed by atoms with Gasteiger partial charge in [0.15, 0.2) is 0 Å². The Hall–Kier alpha value is -1.69. The maximum atomic E-state index is 11.2. The maximum absolute atomic E-state index is 11.2. The van der Waals surface area contributed by atoms with Gasteiger partial charge in [0, 0.05) is 12.4 Å². The molecule has 74 valence electrons. The number of nitrogens with two attached hydrogens (primary N) is 1. The summed E-state index contributed by atoms with van der Waals surface area (Å²) in [6, 6.07) is -0.605. The Balaban J connectivity index is 2.30. The molecule has 14 heavy (non-hydrogen) atoms. The Morgan fingerprint density at radius 3 is 2.93 bits per heavy atom. The van der Waals surface area contributed by atoms with Crippen LogP contribution in [0.15, 0.2) is 12.4 Å². The molecule has 1 aromatic rings. The zero-order valence-electron chi connectivity index (χ0n) is 7.51. The third-order valence-corrected chi connectivity index (χ3v) is 2.01. The molecule has 6 nitrogen and oxygen atoms in total. The van der Waals surface area contributed by atoms with E-state index in [0.717, 1.165) is 0 Å². The van der Waals surface area contributed by atoms with Gasteiger partial charge < -0.3 is 15.2 Å². The molecule has 0 saturated heterocycles. The Bertz CT molecular complexity index is 369.